The minimum absolute atomic E-state index is 0.870. The predicted molar refractivity (Wildman–Crippen MR) is 71.3 cm³/mol. The van der Waals surface area contributed by atoms with Crippen LogP contribution in [0.1, 0.15) is 38.5 Å². The van der Waals surface area contributed by atoms with Crippen LogP contribution in [0.15, 0.2) is 0 Å². The number of nitrogens with one attached hydrogen (secondary N) is 1. The van der Waals surface area contributed by atoms with E-state index in [1.54, 1.807) is 0 Å². The zero-order valence-electron chi connectivity index (χ0n) is 11.0. The first kappa shape index (κ1) is 11.9. The molecule has 98 valence electrons. The van der Waals surface area contributed by atoms with Gasteiger partial charge in [-0.2, -0.15) is 0 Å². The monoisotopic (exact) mass is 237 g/mol. The normalized spacial score (nSPS) is 28.9. The molecule has 1 aliphatic heterocycles. The van der Waals surface area contributed by atoms with Crippen LogP contribution >= 0.6 is 0 Å². The molecule has 0 aromatic carbocycles. The van der Waals surface area contributed by atoms with E-state index < -0.39 is 0 Å². The van der Waals surface area contributed by atoms with Gasteiger partial charge in [-0.3, -0.25) is 9.80 Å². The van der Waals surface area contributed by atoms with Crippen molar-refractivity contribution in [1.82, 2.24) is 15.1 Å². The van der Waals surface area contributed by atoms with Crippen LogP contribution in [-0.2, 0) is 0 Å². The van der Waals surface area contributed by atoms with Gasteiger partial charge in [-0.25, -0.2) is 0 Å². The smallest absolute Gasteiger partial charge is 0.0113 e. The average Bonchev–Trinajstić information content (AvgIpc) is 3.03. The predicted octanol–water partition coefficient (Wildman–Crippen LogP) is 1.30. The number of hydrogen-bond donors (Lipinski definition) is 1. The molecule has 17 heavy (non-hydrogen) atoms. The fraction of sp³-hybridized carbons (Fsp3) is 1.00. The Labute approximate surface area is 106 Å². The summed E-state index contributed by atoms with van der Waals surface area (Å²) >= 11 is 0. The van der Waals surface area contributed by atoms with Gasteiger partial charge in [0.1, 0.15) is 0 Å². The lowest BCUT2D eigenvalue weighted by Gasteiger charge is -2.38. The summed E-state index contributed by atoms with van der Waals surface area (Å²) in [6.07, 6.45) is 8.68. The summed E-state index contributed by atoms with van der Waals surface area (Å²) in [7, 11) is 0. The minimum Gasteiger partial charge on any atom is -0.313 e. The molecule has 0 atom stereocenters. The SMILES string of the molecule is C1CCC(N2CCN(CCNC3CC3)CC2)C1. The van der Waals surface area contributed by atoms with Crippen LogP contribution in [0.4, 0.5) is 0 Å². The van der Waals surface area contributed by atoms with E-state index in [0.717, 1.165) is 12.1 Å². The highest BCUT2D eigenvalue weighted by molar-refractivity contribution is 4.84. The third kappa shape index (κ3) is 3.43. The van der Waals surface area contributed by atoms with Gasteiger partial charge < -0.3 is 5.32 Å². The lowest BCUT2D eigenvalue weighted by atomic mass is 10.2. The second-order valence-corrected chi connectivity index (χ2v) is 6.04. The maximum Gasteiger partial charge on any atom is 0.0113 e. The largest absolute Gasteiger partial charge is 0.313 e. The Morgan fingerprint density at radius 3 is 2.24 bits per heavy atom. The molecule has 1 saturated heterocycles. The van der Waals surface area contributed by atoms with Crippen molar-refractivity contribution in [2.45, 2.75) is 50.6 Å². The van der Waals surface area contributed by atoms with Crippen molar-refractivity contribution in [1.29, 1.82) is 0 Å². The summed E-state index contributed by atoms with van der Waals surface area (Å²) in [5.41, 5.74) is 0. The van der Waals surface area contributed by atoms with Gasteiger partial charge in [0.05, 0.1) is 0 Å². The van der Waals surface area contributed by atoms with E-state index in [4.69, 9.17) is 0 Å². The van der Waals surface area contributed by atoms with Gasteiger partial charge in [0, 0.05) is 51.4 Å². The molecule has 0 amide bonds. The third-order valence-electron chi connectivity index (χ3n) is 4.69. The van der Waals surface area contributed by atoms with Crippen molar-refractivity contribution in [3.8, 4) is 0 Å². The van der Waals surface area contributed by atoms with Crippen LogP contribution in [0.5, 0.6) is 0 Å². The summed E-state index contributed by atoms with van der Waals surface area (Å²) in [4.78, 5) is 5.39. The molecule has 0 aromatic rings. The number of hydrogen-bond acceptors (Lipinski definition) is 3. The zero-order valence-corrected chi connectivity index (χ0v) is 11.0. The van der Waals surface area contributed by atoms with Crippen molar-refractivity contribution in [3.63, 3.8) is 0 Å². The highest BCUT2D eigenvalue weighted by Gasteiger charge is 2.26. The molecule has 0 unspecified atom stereocenters. The van der Waals surface area contributed by atoms with Crippen LogP contribution in [-0.4, -0.2) is 61.2 Å². The molecule has 0 spiro atoms. The Hall–Kier alpha value is -0.120. The number of nitrogens with zero attached hydrogens (tertiary/aromatic N) is 2. The molecule has 1 heterocycles. The molecule has 1 N–H and O–H groups in total. The average molecular weight is 237 g/mol. The van der Waals surface area contributed by atoms with Gasteiger partial charge in [0.2, 0.25) is 0 Å². The van der Waals surface area contributed by atoms with Crippen molar-refractivity contribution in [2.24, 2.45) is 0 Å². The maximum atomic E-state index is 3.61. The van der Waals surface area contributed by atoms with Gasteiger partial charge in [-0.05, 0) is 25.7 Å². The first-order valence-electron chi connectivity index (χ1n) is 7.61. The zero-order chi connectivity index (χ0) is 11.5. The van der Waals surface area contributed by atoms with Crippen LogP contribution in [0, 0.1) is 0 Å². The topological polar surface area (TPSA) is 18.5 Å². The summed E-state index contributed by atoms with van der Waals surface area (Å²) in [6.45, 7) is 7.68. The highest BCUT2D eigenvalue weighted by atomic mass is 15.3. The first-order valence-corrected chi connectivity index (χ1v) is 7.61. The van der Waals surface area contributed by atoms with Crippen LogP contribution < -0.4 is 5.32 Å². The van der Waals surface area contributed by atoms with Crippen LogP contribution in [0.2, 0.25) is 0 Å². The molecule has 0 radical (unpaired) electrons. The molecule has 3 heteroatoms. The summed E-state index contributed by atoms with van der Waals surface area (Å²) in [6, 6.07) is 1.80. The molecule has 2 aliphatic carbocycles. The quantitative estimate of drug-likeness (QED) is 0.777. The Bertz CT molecular complexity index is 226. The Balaban J connectivity index is 1.32. The molecule has 0 bridgehead atoms. The van der Waals surface area contributed by atoms with Gasteiger partial charge in [0.15, 0.2) is 0 Å². The lowest BCUT2D eigenvalue weighted by Crippen LogP contribution is -2.50. The van der Waals surface area contributed by atoms with Crippen LogP contribution in [0.3, 0.4) is 0 Å². The fourth-order valence-corrected chi connectivity index (χ4v) is 3.34. The first-order chi connectivity index (χ1) is 8.42. The second-order valence-electron chi connectivity index (χ2n) is 6.04. The van der Waals surface area contributed by atoms with Gasteiger partial charge in [0.25, 0.3) is 0 Å². The van der Waals surface area contributed by atoms with Crippen molar-refractivity contribution in [3.05, 3.63) is 0 Å². The van der Waals surface area contributed by atoms with Crippen LogP contribution in [0.25, 0.3) is 0 Å². The van der Waals surface area contributed by atoms with E-state index in [1.807, 2.05) is 0 Å². The van der Waals surface area contributed by atoms with E-state index in [1.165, 1.54) is 77.8 Å². The van der Waals surface area contributed by atoms with Crippen molar-refractivity contribution in [2.75, 3.05) is 39.3 Å². The molecule has 3 nitrogen and oxygen atoms in total. The molecular weight excluding hydrogens is 210 g/mol. The van der Waals surface area contributed by atoms with Gasteiger partial charge >= 0.3 is 0 Å². The number of piperazine rings is 1. The Morgan fingerprint density at radius 2 is 1.59 bits per heavy atom. The third-order valence-corrected chi connectivity index (χ3v) is 4.69. The fourth-order valence-electron chi connectivity index (χ4n) is 3.34. The summed E-state index contributed by atoms with van der Waals surface area (Å²) < 4.78 is 0. The molecule has 3 rings (SSSR count). The highest BCUT2D eigenvalue weighted by Crippen LogP contribution is 2.24. The standard InChI is InChI=1S/C14H27N3/c1-2-4-14(3-1)17-11-9-16(10-12-17)8-7-15-13-5-6-13/h13-15H,1-12H2. The summed E-state index contributed by atoms with van der Waals surface area (Å²) in [5, 5.41) is 3.61. The van der Waals surface area contributed by atoms with Crippen molar-refractivity contribution >= 4 is 0 Å². The second kappa shape index (κ2) is 5.68. The molecule has 0 aromatic heterocycles. The van der Waals surface area contributed by atoms with E-state index in [-0.39, 0.29) is 0 Å². The van der Waals surface area contributed by atoms with E-state index in [9.17, 15) is 0 Å². The molecule has 2 saturated carbocycles. The Morgan fingerprint density at radius 1 is 0.882 bits per heavy atom. The molecule has 3 aliphatic rings. The van der Waals surface area contributed by atoms with Gasteiger partial charge in [-0.1, -0.05) is 12.8 Å². The summed E-state index contributed by atoms with van der Waals surface area (Å²) in [5.74, 6) is 0. The Kier molecular flexibility index (Phi) is 3.99. The van der Waals surface area contributed by atoms with E-state index in [2.05, 4.69) is 15.1 Å². The van der Waals surface area contributed by atoms with Gasteiger partial charge in [-0.15, -0.1) is 0 Å². The lowest BCUT2D eigenvalue weighted by molar-refractivity contribution is 0.0984. The molecular formula is C14H27N3. The van der Waals surface area contributed by atoms with E-state index in [0.29, 0.717) is 0 Å². The number of rotatable bonds is 5. The molecule has 3 fully saturated rings. The maximum absolute atomic E-state index is 3.61. The minimum atomic E-state index is 0.870. The van der Waals surface area contributed by atoms with E-state index >= 15 is 0 Å². The van der Waals surface area contributed by atoms with Crippen molar-refractivity contribution < 1.29 is 0 Å².